The molecule has 1 heterocycles. The van der Waals surface area contributed by atoms with Crippen LogP contribution >= 0.6 is 41.7 Å². The van der Waals surface area contributed by atoms with E-state index in [4.69, 9.17) is 39.9 Å². The number of hydrogen-bond donors (Lipinski definition) is 0. The second-order valence-corrected chi connectivity index (χ2v) is 13.3. The fourth-order valence-corrected chi connectivity index (χ4v) is 4.68. The Hall–Kier alpha value is -0.400. The Morgan fingerprint density at radius 2 is 1.92 bits per heavy atom. The minimum absolute atomic E-state index is 0.00172. The van der Waals surface area contributed by atoms with Crippen molar-refractivity contribution in [1.82, 2.24) is 9.78 Å². The molecule has 6 heteroatoms. The molecule has 0 saturated carbocycles. The number of halogens is 3. The van der Waals surface area contributed by atoms with Crippen LogP contribution in [0.15, 0.2) is 12.1 Å². The van der Waals surface area contributed by atoms with Gasteiger partial charge in [0.25, 0.3) is 0 Å². The van der Waals surface area contributed by atoms with E-state index >= 15 is 0 Å². The molecule has 0 bridgehead atoms. The van der Waals surface area contributed by atoms with Crippen LogP contribution in [0.25, 0.3) is 5.69 Å². The maximum Gasteiger partial charge on any atom is 0.136 e. The normalized spacial score (nSPS) is 15.9. The van der Waals surface area contributed by atoms with Crippen LogP contribution in [0, 0.1) is 6.92 Å². The Morgan fingerprint density at radius 1 is 1.24 bits per heavy atom. The molecular formula is C19H24Cl3N2P. The van der Waals surface area contributed by atoms with Gasteiger partial charge < -0.3 is 0 Å². The van der Waals surface area contributed by atoms with E-state index < -0.39 is 6.89 Å². The average Bonchev–Trinajstić information content (AvgIpc) is 2.86. The lowest BCUT2D eigenvalue weighted by Gasteiger charge is -2.21. The van der Waals surface area contributed by atoms with Crippen molar-refractivity contribution in [3.8, 4) is 5.69 Å². The van der Waals surface area contributed by atoms with Crippen LogP contribution in [0.4, 0.5) is 0 Å². The smallest absolute Gasteiger partial charge is 0.136 e. The van der Waals surface area contributed by atoms with Crippen LogP contribution in [0.2, 0.25) is 10.2 Å². The number of hydrogen-bond acceptors (Lipinski definition) is 1. The first kappa shape index (κ1) is 19.4. The Kier molecular flexibility index (Phi) is 5.66. The number of benzene rings is 1. The van der Waals surface area contributed by atoms with Crippen molar-refractivity contribution in [3.05, 3.63) is 44.7 Å². The van der Waals surface area contributed by atoms with Gasteiger partial charge in [-0.25, -0.2) is 4.68 Å². The summed E-state index contributed by atoms with van der Waals surface area (Å²) in [6, 6.07) is 4.08. The molecule has 0 saturated heterocycles. The van der Waals surface area contributed by atoms with Crippen LogP contribution in [-0.4, -0.2) is 34.5 Å². The highest BCUT2D eigenvalue weighted by atomic mass is 35.5. The molecular weight excluding hydrogens is 394 g/mol. The minimum atomic E-state index is -1.40. The molecule has 0 fully saturated rings. The average molecular weight is 418 g/mol. The minimum Gasteiger partial charge on any atom is -0.221 e. The van der Waals surface area contributed by atoms with Crippen LogP contribution in [0.5, 0.6) is 0 Å². The van der Waals surface area contributed by atoms with Gasteiger partial charge in [-0.1, -0.05) is 36.4 Å². The zero-order valence-corrected chi connectivity index (χ0v) is 18.1. The van der Waals surface area contributed by atoms with Crippen molar-refractivity contribution in [2.24, 2.45) is 0 Å². The monoisotopic (exact) mass is 416 g/mol. The molecule has 0 N–H and O–H groups in total. The highest BCUT2D eigenvalue weighted by Crippen LogP contribution is 2.46. The highest BCUT2D eigenvalue weighted by Gasteiger charge is 2.22. The zero-order chi connectivity index (χ0) is 18.4. The maximum atomic E-state index is 6.66. The molecule has 0 radical (unpaired) electrons. The molecule has 25 heavy (non-hydrogen) atoms. The zero-order valence-electron chi connectivity index (χ0n) is 15.0. The third-order valence-electron chi connectivity index (χ3n) is 4.83. The van der Waals surface area contributed by atoms with E-state index in [0.717, 1.165) is 45.5 Å². The standard InChI is InChI=1S/C19H24Cl3N2P/c1-12-9-15(20)13(11-18(21)25(2,3)4)10-17(12)24-19(22)14-7-5-6-8-16(14)23-24/h9-10,18H,2,5-8,11H2,1,3-4H3. The van der Waals surface area contributed by atoms with Gasteiger partial charge in [0.2, 0.25) is 0 Å². The van der Waals surface area contributed by atoms with Gasteiger partial charge in [-0.15, -0.1) is 11.6 Å². The van der Waals surface area contributed by atoms with Crippen LogP contribution < -0.4 is 0 Å². The summed E-state index contributed by atoms with van der Waals surface area (Å²) in [5.74, 6) is 0. The van der Waals surface area contributed by atoms with Gasteiger partial charge in [-0.05, 0) is 75.6 Å². The fraction of sp³-hybridized carbons (Fsp3) is 0.474. The number of aryl methyl sites for hydroxylation is 2. The summed E-state index contributed by atoms with van der Waals surface area (Å²) >= 11 is 19.7. The summed E-state index contributed by atoms with van der Waals surface area (Å²) in [5.41, 5.74) is 5.41. The Morgan fingerprint density at radius 3 is 2.56 bits per heavy atom. The lowest BCUT2D eigenvalue weighted by molar-refractivity contribution is 0.671. The predicted octanol–water partition coefficient (Wildman–Crippen LogP) is 6.18. The third-order valence-corrected chi connectivity index (χ3v) is 9.01. The SMILES string of the molecule is C=P(C)(C)C(Cl)Cc1cc(-n2nc3c(c2Cl)CCCC3)c(C)cc1Cl. The Labute approximate surface area is 165 Å². The van der Waals surface area contributed by atoms with Gasteiger partial charge >= 0.3 is 0 Å². The quantitative estimate of drug-likeness (QED) is 0.429. The first-order valence-electron chi connectivity index (χ1n) is 8.56. The van der Waals surface area contributed by atoms with Gasteiger partial charge in [0, 0.05) is 10.6 Å². The van der Waals surface area contributed by atoms with Gasteiger partial charge in [0.15, 0.2) is 0 Å². The molecule has 3 rings (SSSR count). The van der Waals surface area contributed by atoms with Crippen molar-refractivity contribution < 1.29 is 0 Å². The molecule has 0 amide bonds. The van der Waals surface area contributed by atoms with E-state index in [-0.39, 0.29) is 5.12 Å². The molecule has 2 nitrogen and oxygen atoms in total. The maximum absolute atomic E-state index is 6.66. The van der Waals surface area contributed by atoms with E-state index in [1.165, 1.54) is 18.4 Å². The molecule has 1 unspecified atom stereocenters. The van der Waals surface area contributed by atoms with Crippen molar-refractivity contribution in [2.75, 3.05) is 13.3 Å². The third kappa shape index (κ3) is 3.98. The van der Waals surface area contributed by atoms with Crippen LogP contribution in [0.3, 0.4) is 0 Å². The molecule has 2 aromatic rings. The van der Waals surface area contributed by atoms with Gasteiger partial charge in [-0.2, -0.15) is 5.10 Å². The lowest BCUT2D eigenvalue weighted by atomic mass is 9.98. The summed E-state index contributed by atoms with van der Waals surface area (Å²) < 4.78 is 1.88. The van der Waals surface area contributed by atoms with E-state index in [1.807, 2.05) is 17.7 Å². The van der Waals surface area contributed by atoms with E-state index in [2.05, 4.69) is 25.7 Å². The van der Waals surface area contributed by atoms with Crippen LogP contribution in [0.1, 0.15) is 35.2 Å². The topological polar surface area (TPSA) is 17.8 Å². The highest BCUT2D eigenvalue weighted by molar-refractivity contribution is 7.74. The molecule has 1 aliphatic rings. The Balaban J connectivity index is 2.04. The molecule has 136 valence electrons. The first-order chi connectivity index (χ1) is 11.7. The largest absolute Gasteiger partial charge is 0.221 e. The van der Waals surface area contributed by atoms with Crippen molar-refractivity contribution in [3.63, 3.8) is 0 Å². The van der Waals surface area contributed by atoms with Crippen LogP contribution in [-0.2, 0) is 19.3 Å². The molecule has 1 atom stereocenters. The van der Waals surface area contributed by atoms with E-state index in [0.29, 0.717) is 6.42 Å². The van der Waals surface area contributed by atoms with Gasteiger partial charge in [-0.3, -0.25) is 0 Å². The molecule has 0 aliphatic heterocycles. The summed E-state index contributed by atoms with van der Waals surface area (Å²) in [5, 5.41) is 6.26. The molecule has 0 spiro atoms. The van der Waals surface area contributed by atoms with Crippen molar-refractivity contribution in [1.29, 1.82) is 0 Å². The number of nitrogens with zero attached hydrogens (tertiary/aromatic N) is 2. The lowest BCUT2D eigenvalue weighted by Crippen LogP contribution is -2.07. The van der Waals surface area contributed by atoms with Gasteiger partial charge in [0.05, 0.1) is 16.5 Å². The summed E-state index contributed by atoms with van der Waals surface area (Å²) in [4.78, 5) is 0. The fourth-order valence-electron chi connectivity index (χ4n) is 3.19. The predicted molar refractivity (Wildman–Crippen MR) is 114 cm³/mol. The van der Waals surface area contributed by atoms with E-state index in [9.17, 15) is 0 Å². The molecule has 1 aromatic heterocycles. The number of aromatic nitrogens is 2. The summed E-state index contributed by atoms with van der Waals surface area (Å²) in [6.07, 6.45) is 9.33. The molecule has 1 aliphatic carbocycles. The van der Waals surface area contributed by atoms with Crippen molar-refractivity contribution in [2.45, 2.75) is 44.1 Å². The second kappa shape index (κ2) is 7.31. The summed E-state index contributed by atoms with van der Waals surface area (Å²) in [7, 11) is 0. The number of fused-ring (bicyclic) bond motifs is 1. The number of alkyl halides is 1. The second-order valence-electron chi connectivity index (χ2n) is 7.48. The first-order valence-corrected chi connectivity index (χ1v) is 12.7. The Bertz CT molecular complexity index is 851. The van der Waals surface area contributed by atoms with E-state index in [1.54, 1.807) is 0 Å². The summed E-state index contributed by atoms with van der Waals surface area (Å²) in [6.45, 7) is 4.93. The van der Waals surface area contributed by atoms with Gasteiger partial charge in [0.1, 0.15) is 5.15 Å². The molecule has 1 aromatic carbocycles. The number of rotatable bonds is 4. The van der Waals surface area contributed by atoms with Crippen molar-refractivity contribution >= 4 is 48.0 Å².